The van der Waals surface area contributed by atoms with E-state index in [1.807, 2.05) is 0 Å². The van der Waals surface area contributed by atoms with E-state index in [9.17, 15) is 9.59 Å². The second-order valence-electron chi connectivity index (χ2n) is 4.14. The third-order valence-electron chi connectivity index (χ3n) is 2.37. The Balaban J connectivity index is 1.96. The van der Waals surface area contributed by atoms with E-state index in [4.69, 9.17) is 35.9 Å². The van der Waals surface area contributed by atoms with Gasteiger partial charge in [0.15, 0.2) is 6.10 Å². The predicted octanol–water partition coefficient (Wildman–Crippen LogP) is 0.849. The van der Waals surface area contributed by atoms with E-state index >= 15 is 0 Å². The van der Waals surface area contributed by atoms with Gasteiger partial charge in [0, 0.05) is 12.3 Å². The van der Waals surface area contributed by atoms with E-state index in [2.05, 4.69) is 11.9 Å². The molecule has 0 aliphatic carbocycles. The minimum absolute atomic E-state index is 0.0150. The number of carbonyl (C=O) groups excluding carboxylic acids is 2. The molecule has 8 nitrogen and oxygen atoms in total. The second kappa shape index (κ2) is 12.1. The summed E-state index contributed by atoms with van der Waals surface area (Å²) in [6, 6.07) is 0. The lowest BCUT2D eigenvalue weighted by atomic mass is 10.4. The van der Waals surface area contributed by atoms with Crippen molar-refractivity contribution in [3.8, 4) is 0 Å². The molecule has 0 aromatic carbocycles. The molecule has 1 aliphatic heterocycles. The standard InChI is InChI=1S/C13H19NO7S2/c1-2-11(15)14-3-6-23-13(22)20-5-4-19-12(16)21-10-7-17-9-18-8-10/h2,10H,1,3-9H2,(H,14,15). The summed E-state index contributed by atoms with van der Waals surface area (Å²) in [5.41, 5.74) is 0. The number of nitrogens with one attached hydrogen (secondary N) is 1. The van der Waals surface area contributed by atoms with E-state index in [0.717, 1.165) is 0 Å². The molecular weight excluding hydrogens is 346 g/mol. The molecule has 10 heteroatoms. The fraction of sp³-hybridized carbons (Fsp3) is 0.615. The Bertz CT molecular complexity index is 413. The minimum Gasteiger partial charge on any atom is -0.475 e. The van der Waals surface area contributed by atoms with Crippen LogP contribution in [0, 0.1) is 0 Å². The summed E-state index contributed by atoms with van der Waals surface area (Å²) in [6.07, 6.45) is -0.0698. The molecule has 1 heterocycles. The Morgan fingerprint density at radius 2 is 2.00 bits per heavy atom. The number of hydrogen-bond acceptors (Lipinski definition) is 9. The Morgan fingerprint density at radius 3 is 2.70 bits per heavy atom. The molecule has 1 saturated heterocycles. The maximum atomic E-state index is 11.4. The van der Waals surface area contributed by atoms with Gasteiger partial charge >= 0.3 is 6.16 Å². The number of thiocarbonyl (C=S) groups is 1. The van der Waals surface area contributed by atoms with Crippen molar-refractivity contribution >= 4 is 40.4 Å². The molecule has 0 spiro atoms. The molecule has 0 saturated carbocycles. The second-order valence-corrected chi connectivity index (χ2v) is 5.84. The quantitative estimate of drug-likeness (QED) is 0.291. The van der Waals surface area contributed by atoms with Crippen molar-refractivity contribution in [3.05, 3.63) is 12.7 Å². The molecule has 0 bridgehead atoms. The molecule has 0 radical (unpaired) electrons. The smallest absolute Gasteiger partial charge is 0.475 e. The summed E-state index contributed by atoms with van der Waals surface area (Å²) in [5, 5.41) is 2.61. The van der Waals surface area contributed by atoms with Gasteiger partial charge in [0.25, 0.3) is 0 Å². The van der Waals surface area contributed by atoms with Crippen LogP contribution in [0.2, 0.25) is 0 Å². The predicted molar refractivity (Wildman–Crippen MR) is 87.2 cm³/mol. The van der Waals surface area contributed by atoms with Crippen molar-refractivity contribution in [2.45, 2.75) is 6.10 Å². The number of thioether (sulfide) groups is 1. The third-order valence-corrected chi connectivity index (χ3v) is 3.60. The lowest BCUT2D eigenvalue weighted by Gasteiger charge is -2.21. The van der Waals surface area contributed by atoms with Crippen molar-refractivity contribution in [2.75, 3.05) is 45.5 Å². The van der Waals surface area contributed by atoms with Gasteiger partial charge in [0.2, 0.25) is 10.3 Å². The van der Waals surface area contributed by atoms with Crippen LogP contribution in [-0.2, 0) is 28.5 Å². The summed E-state index contributed by atoms with van der Waals surface area (Å²) < 4.78 is 25.2. The summed E-state index contributed by atoms with van der Waals surface area (Å²) in [4.78, 5) is 22.3. The summed E-state index contributed by atoms with van der Waals surface area (Å²) >= 11 is 6.25. The van der Waals surface area contributed by atoms with E-state index in [0.29, 0.717) is 16.7 Å². The maximum absolute atomic E-state index is 11.4. The zero-order valence-corrected chi connectivity index (χ0v) is 14.1. The highest BCUT2D eigenvalue weighted by Crippen LogP contribution is 2.05. The molecule has 130 valence electrons. The van der Waals surface area contributed by atoms with Crippen LogP contribution in [0.4, 0.5) is 4.79 Å². The van der Waals surface area contributed by atoms with Gasteiger partial charge in [-0.3, -0.25) is 4.79 Å². The van der Waals surface area contributed by atoms with Crippen LogP contribution in [0.3, 0.4) is 0 Å². The minimum atomic E-state index is -0.807. The Hall–Kier alpha value is -1.36. The molecule has 23 heavy (non-hydrogen) atoms. The Kier molecular flexibility index (Phi) is 10.4. The van der Waals surface area contributed by atoms with Gasteiger partial charge in [-0.25, -0.2) is 4.79 Å². The fourth-order valence-corrected chi connectivity index (χ4v) is 2.25. The van der Waals surface area contributed by atoms with Gasteiger partial charge in [0.1, 0.15) is 20.0 Å². The number of ether oxygens (including phenoxy) is 5. The van der Waals surface area contributed by atoms with Gasteiger partial charge < -0.3 is 29.0 Å². The van der Waals surface area contributed by atoms with Crippen LogP contribution in [0.1, 0.15) is 0 Å². The topological polar surface area (TPSA) is 92.3 Å². The highest BCUT2D eigenvalue weighted by atomic mass is 32.2. The van der Waals surface area contributed by atoms with Gasteiger partial charge in [-0.15, -0.1) is 0 Å². The molecule has 1 aliphatic rings. The van der Waals surface area contributed by atoms with E-state index in [-0.39, 0.29) is 39.1 Å². The van der Waals surface area contributed by atoms with Crippen LogP contribution in [0.15, 0.2) is 12.7 Å². The van der Waals surface area contributed by atoms with E-state index in [1.165, 1.54) is 17.8 Å². The van der Waals surface area contributed by atoms with Crippen LogP contribution < -0.4 is 5.32 Å². The monoisotopic (exact) mass is 365 g/mol. The van der Waals surface area contributed by atoms with Crippen molar-refractivity contribution in [2.24, 2.45) is 0 Å². The molecule has 1 rings (SSSR count). The number of hydrogen-bond donors (Lipinski definition) is 1. The van der Waals surface area contributed by atoms with Gasteiger partial charge in [-0.05, 0) is 18.3 Å². The summed E-state index contributed by atoms with van der Waals surface area (Å²) in [7, 11) is 0. The lowest BCUT2D eigenvalue weighted by molar-refractivity contribution is -0.157. The lowest BCUT2D eigenvalue weighted by Crippen LogP contribution is -2.33. The largest absolute Gasteiger partial charge is 0.508 e. The van der Waals surface area contributed by atoms with E-state index < -0.39 is 12.3 Å². The first-order valence-corrected chi connectivity index (χ1v) is 8.20. The van der Waals surface area contributed by atoms with E-state index in [1.54, 1.807) is 0 Å². The molecule has 0 aromatic heterocycles. The normalized spacial score (nSPS) is 14.6. The maximum Gasteiger partial charge on any atom is 0.508 e. The average molecular weight is 365 g/mol. The number of amides is 1. The van der Waals surface area contributed by atoms with Crippen LogP contribution in [-0.4, -0.2) is 68.1 Å². The molecular formula is C13H19NO7S2. The molecule has 1 fully saturated rings. The fourth-order valence-electron chi connectivity index (χ4n) is 1.38. The first-order chi connectivity index (χ1) is 11.1. The van der Waals surface area contributed by atoms with Crippen molar-refractivity contribution in [1.82, 2.24) is 5.32 Å². The van der Waals surface area contributed by atoms with Gasteiger partial charge in [-0.1, -0.05) is 18.3 Å². The van der Waals surface area contributed by atoms with Crippen molar-refractivity contribution < 1.29 is 33.3 Å². The third kappa shape index (κ3) is 10.1. The average Bonchev–Trinajstić information content (AvgIpc) is 2.56. The SMILES string of the molecule is C=CC(=O)NCCSC(=S)OCCOC(=O)OC1COCOC1. The van der Waals surface area contributed by atoms with Gasteiger partial charge in [0.05, 0.1) is 13.2 Å². The molecule has 0 unspecified atom stereocenters. The molecule has 0 aromatic rings. The Morgan fingerprint density at radius 1 is 1.30 bits per heavy atom. The molecule has 0 atom stereocenters. The van der Waals surface area contributed by atoms with Crippen molar-refractivity contribution in [1.29, 1.82) is 0 Å². The molecule has 1 N–H and O–H groups in total. The van der Waals surface area contributed by atoms with Gasteiger partial charge in [-0.2, -0.15) is 0 Å². The summed E-state index contributed by atoms with van der Waals surface area (Å²) in [6.45, 7) is 4.71. The highest BCUT2D eigenvalue weighted by molar-refractivity contribution is 8.22. The summed E-state index contributed by atoms with van der Waals surface area (Å²) in [5.74, 6) is 0.335. The Labute approximate surface area is 143 Å². The number of rotatable bonds is 8. The zero-order chi connectivity index (χ0) is 16.9. The van der Waals surface area contributed by atoms with Crippen LogP contribution in [0.5, 0.6) is 0 Å². The molecule has 1 amide bonds. The first-order valence-electron chi connectivity index (χ1n) is 6.80. The zero-order valence-electron chi connectivity index (χ0n) is 12.5. The van der Waals surface area contributed by atoms with Crippen LogP contribution in [0.25, 0.3) is 0 Å². The first kappa shape index (κ1) is 19.7. The van der Waals surface area contributed by atoms with Crippen LogP contribution >= 0.6 is 24.0 Å². The highest BCUT2D eigenvalue weighted by Gasteiger charge is 2.19. The van der Waals surface area contributed by atoms with Crippen molar-refractivity contribution in [3.63, 3.8) is 0 Å². The number of carbonyl (C=O) groups is 2.